The number of benzene rings is 3. The number of anilines is 1. The summed E-state index contributed by atoms with van der Waals surface area (Å²) in [7, 11) is 0. The zero-order valence-electron chi connectivity index (χ0n) is 13.7. The van der Waals surface area contributed by atoms with Gasteiger partial charge in [-0.15, -0.1) is 0 Å². The summed E-state index contributed by atoms with van der Waals surface area (Å²) < 4.78 is 6.08. The van der Waals surface area contributed by atoms with E-state index in [0.717, 1.165) is 40.8 Å². The molecule has 0 saturated carbocycles. The van der Waals surface area contributed by atoms with Gasteiger partial charge < -0.3 is 9.32 Å². The molecule has 4 heteroatoms. The van der Waals surface area contributed by atoms with E-state index in [4.69, 9.17) is 9.40 Å². The average molecular weight is 318 g/mol. The number of rotatable bonds is 3. The Bertz CT molecular complexity index is 1110. The van der Waals surface area contributed by atoms with Gasteiger partial charge in [0.15, 0.2) is 16.6 Å². The second kappa shape index (κ2) is 5.64. The van der Waals surface area contributed by atoms with Crippen LogP contribution in [-0.4, -0.2) is 18.1 Å². The molecule has 4 aromatic rings. The molecule has 0 amide bonds. The van der Waals surface area contributed by atoms with Crippen LogP contribution < -0.4 is 10.3 Å². The van der Waals surface area contributed by atoms with Crippen molar-refractivity contribution in [3.63, 3.8) is 0 Å². The molecule has 0 fully saturated rings. The lowest BCUT2D eigenvalue weighted by atomic mass is 10.1. The summed E-state index contributed by atoms with van der Waals surface area (Å²) in [5, 5.41) is 1.50. The minimum atomic E-state index is 0.00757. The molecule has 0 aliphatic carbocycles. The lowest BCUT2D eigenvalue weighted by Gasteiger charge is -2.21. The third-order valence-electron chi connectivity index (χ3n) is 4.48. The minimum absolute atomic E-state index is 0.00757. The normalized spacial score (nSPS) is 11.4. The lowest BCUT2D eigenvalue weighted by Crippen LogP contribution is -2.21. The quantitative estimate of drug-likeness (QED) is 0.416. The van der Waals surface area contributed by atoms with Crippen molar-refractivity contribution in [3.8, 4) is 0 Å². The van der Waals surface area contributed by atoms with Gasteiger partial charge in [-0.1, -0.05) is 12.1 Å². The predicted molar refractivity (Wildman–Crippen MR) is 98.9 cm³/mol. The highest BCUT2D eigenvalue weighted by Gasteiger charge is 2.10. The Balaban J connectivity index is 2.01. The Labute approximate surface area is 139 Å². The maximum absolute atomic E-state index is 12.0. The van der Waals surface area contributed by atoms with Gasteiger partial charge in [-0.3, -0.25) is 4.79 Å². The molecule has 0 unspecified atom stereocenters. The highest BCUT2D eigenvalue weighted by atomic mass is 16.3. The monoisotopic (exact) mass is 318 g/mol. The molecule has 0 spiro atoms. The van der Waals surface area contributed by atoms with Gasteiger partial charge in [0, 0.05) is 35.6 Å². The fourth-order valence-electron chi connectivity index (χ4n) is 3.19. The standard InChI is InChI=1S/C20H18N2O2/c1-3-22(4-2)13-8-10-16-19(12-13)24-18-11-9-14-15(20(18)21-16)6-5-7-17(14)23/h5-12H,3-4H2,1-2H3. The van der Waals surface area contributed by atoms with Crippen LogP contribution in [0.1, 0.15) is 13.8 Å². The molecule has 0 atom stereocenters. The van der Waals surface area contributed by atoms with Crippen LogP contribution in [0.15, 0.2) is 57.7 Å². The Hall–Kier alpha value is -2.88. The minimum Gasteiger partial charge on any atom is -0.453 e. The molecule has 24 heavy (non-hydrogen) atoms. The van der Waals surface area contributed by atoms with Gasteiger partial charge in [0.25, 0.3) is 0 Å². The van der Waals surface area contributed by atoms with Crippen molar-refractivity contribution in [1.29, 1.82) is 0 Å². The summed E-state index contributed by atoms with van der Waals surface area (Å²) in [6.07, 6.45) is 0. The van der Waals surface area contributed by atoms with Crippen LogP contribution in [0.5, 0.6) is 0 Å². The first-order chi connectivity index (χ1) is 11.7. The molecule has 0 saturated heterocycles. The number of fused-ring (bicyclic) bond motifs is 4. The van der Waals surface area contributed by atoms with Crippen molar-refractivity contribution in [1.82, 2.24) is 4.98 Å². The van der Waals surface area contributed by atoms with Crippen molar-refractivity contribution < 1.29 is 4.42 Å². The molecule has 0 aliphatic rings. The molecule has 4 nitrogen and oxygen atoms in total. The zero-order valence-corrected chi connectivity index (χ0v) is 13.7. The Kier molecular flexibility index (Phi) is 3.45. The first-order valence-electron chi connectivity index (χ1n) is 8.22. The van der Waals surface area contributed by atoms with Gasteiger partial charge in [-0.05, 0) is 44.2 Å². The van der Waals surface area contributed by atoms with E-state index in [-0.39, 0.29) is 5.43 Å². The third kappa shape index (κ3) is 2.22. The van der Waals surface area contributed by atoms with Gasteiger partial charge in [0.2, 0.25) is 0 Å². The van der Waals surface area contributed by atoms with E-state index in [9.17, 15) is 4.79 Å². The van der Waals surface area contributed by atoms with Crippen molar-refractivity contribution in [2.24, 2.45) is 0 Å². The van der Waals surface area contributed by atoms with Crippen LogP contribution in [0.25, 0.3) is 33.0 Å². The topological polar surface area (TPSA) is 46.3 Å². The summed E-state index contributed by atoms with van der Waals surface area (Å²) in [6, 6.07) is 15.0. The van der Waals surface area contributed by atoms with Crippen molar-refractivity contribution in [2.45, 2.75) is 13.8 Å². The number of hydrogen-bond donors (Lipinski definition) is 0. The van der Waals surface area contributed by atoms with Crippen LogP contribution in [0.4, 0.5) is 5.69 Å². The van der Waals surface area contributed by atoms with Crippen LogP contribution in [0.3, 0.4) is 0 Å². The van der Waals surface area contributed by atoms with Gasteiger partial charge in [-0.2, -0.15) is 0 Å². The van der Waals surface area contributed by atoms with Crippen LogP contribution >= 0.6 is 0 Å². The Morgan fingerprint density at radius 3 is 2.58 bits per heavy atom. The SMILES string of the molecule is CCN(CC)c1ccc2nc3c(ccc4c(=O)cccc43)oc2c1. The van der Waals surface area contributed by atoms with Crippen LogP contribution in [0.2, 0.25) is 0 Å². The van der Waals surface area contributed by atoms with E-state index in [0.29, 0.717) is 11.0 Å². The Morgan fingerprint density at radius 1 is 0.958 bits per heavy atom. The molecule has 1 aromatic heterocycles. The maximum Gasteiger partial charge on any atom is 0.186 e. The van der Waals surface area contributed by atoms with Gasteiger partial charge in [0.1, 0.15) is 11.0 Å². The van der Waals surface area contributed by atoms with E-state index in [2.05, 4.69) is 24.8 Å². The summed E-state index contributed by atoms with van der Waals surface area (Å²) in [4.78, 5) is 19.0. The fraction of sp³-hybridized carbons (Fsp3) is 0.200. The zero-order chi connectivity index (χ0) is 16.7. The predicted octanol–water partition coefficient (Wildman–Crippen LogP) is 4.34. The summed E-state index contributed by atoms with van der Waals surface area (Å²) in [5.74, 6) is 0. The molecular formula is C20H18N2O2. The van der Waals surface area contributed by atoms with E-state index >= 15 is 0 Å². The van der Waals surface area contributed by atoms with Gasteiger partial charge in [-0.25, -0.2) is 4.98 Å². The van der Waals surface area contributed by atoms with Crippen molar-refractivity contribution >= 4 is 38.7 Å². The van der Waals surface area contributed by atoms with E-state index in [1.807, 2.05) is 30.3 Å². The Morgan fingerprint density at radius 2 is 1.79 bits per heavy atom. The van der Waals surface area contributed by atoms with Crippen molar-refractivity contribution in [3.05, 3.63) is 58.8 Å². The summed E-state index contributed by atoms with van der Waals surface area (Å²) in [5.41, 5.74) is 4.10. The van der Waals surface area contributed by atoms with E-state index in [1.165, 1.54) is 0 Å². The summed E-state index contributed by atoms with van der Waals surface area (Å²) in [6.45, 7) is 6.16. The highest BCUT2D eigenvalue weighted by molar-refractivity contribution is 6.04. The third-order valence-corrected chi connectivity index (χ3v) is 4.48. The smallest absolute Gasteiger partial charge is 0.186 e. The molecule has 0 radical (unpaired) electrons. The second-order valence-corrected chi connectivity index (χ2v) is 5.80. The maximum atomic E-state index is 12.0. The number of nitrogens with zero attached hydrogens (tertiary/aromatic N) is 2. The molecule has 0 aliphatic heterocycles. The molecule has 3 aromatic carbocycles. The van der Waals surface area contributed by atoms with Crippen LogP contribution in [0, 0.1) is 0 Å². The van der Waals surface area contributed by atoms with E-state index < -0.39 is 0 Å². The fourth-order valence-corrected chi connectivity index (χ4v) is 3.19. The lowest BCUT2D eigenvalue weighted by molar-refractivity contribution is 0.657. The largest absolute Gasteiger partial charge is 0.453 e. The van der Waals surface area contributed by atoms with Crippen LogP contribution in [-0.2, 0) is 0 Å². The van der Waals surface area contributed by atoms with Gasteiger partial charge >= 0.3 is 0 Å². The molecule has 4 rings (SSSR count). The van der Waals surface area contributed by atoms with Crippen molar-refractivity contribution in [2.75, 3.05) is 18.0 Å². The first-order valence-corrected chi connectivity index (χ1v) is 8.22. The molecule has 1 heterocycles. The molecule has 120 valence electrons. The number of aromatic nitrogens is 1. The summed E-state index contributed by atoms with van der Waals surface area (Å²) >= 11 is 0. The molecule has 0 bridgehead atoms. The average Bonchev–Trinajstić information content (AvgIpc) is 2.61. The van der Waals surface area contributed by atoms with E-state index in [1.54, 1.807) is 12.1 Å². The van der Waals surface area contributed by atoms with Gasteiger partial charge in [0.05, 0.1) is 0 Å². The second-order valence-electron chi connectivity index (χ2n) is 5.80. The molecular weight excluding hydrogens is 300 g/mol. The first kappa shape index (κ1) is 14.7. The molecule has 0 N–H and O–H groups in total. The highest BCUT2D eigenvalue weighted by Crippen LogP contribution is 2.28. The number of hydrogen-bond acceptors (Lipinski definition) is 4.